The van der Waals surface area contributed by atoms with Crippen LogP contribution in [0.1, 0.15) is 37.3 Å². The zero-order chi connectivity index (χ0) is 15.9. The maximum atomic E-state index is 12.9. The first-order valence-electron chi connectivity index (χ1n) is 7.82. The zero-order valence-electron chi connectivity index (χ0n) is 12.8. The fourth-order valence-corrected chi connectivity index (χ4v) is 5.24. The number of carbonyl (C=O) groups is 1. The van der Waals surface area contributed by atoms with Crippen LogP contribution in [0.15, 0.2) is 23.1 Å². The lowest BCUT2D eigenvalue weighted by atomic mass is 9.95. The molecule has 22 heavy (non-hydrogen) atoms. The molecular formula is C16H22N2O3S. The highest BCUT2D eigenvalue weighted by Gasteiger charge is 2.37. The number of carbonyl (C=O) groups excluding carboxylic acids is 1. The molecule has 2 N–H and O–H groups in total. The van der Waals surface area contributed by atoms with Gasteiger partial charge in [-0.15, -0.1) is 0 Å². The van der Waals surface area contributed by atoms with Gasteiger partial charge >= 0.3 is 0 Å². The van der Waals surface area contributed by atoms with Crippen LogP contribution in [-0.2, 0) is 27.7 Å². The first kappa shape index (κ1) is 15.5. The van der Waals surface area contributed by atoms with Crippen molar-refractivity contribution in [2.75, 3.05) is 6.54 Å². The summed E-state index contributed by atoms with van der Waals surface area (Å²) < 4.78 is 27.3. The maximum absolute atomic E-state index is 12.9. The molecule has 1 aliphatic carbocycles. The molecule has 120 valence electrons. The van der Waals surface area contributed by atoms with Gasteiger partial charge in [-0.2, -0.15) is 4.31 Å². The predicted octanol–water partition coefficient (Wildman–Crippen LogP) is 1.45. The van der Waals surface area contributed by atoms with Crippen LogP contribution in [0.3, 0.4) is 0 Å². The van der Waals surface area contributed by atoms with Crippen molar-refractivity contribution < 1.29 is 13.2 Å². The maximum Gasteiger partial charge on any atom is 0.243 e. The van der Waals surface area contributed by atoms with Crippen LogP contribution in [0.2, 0.25) is 0 Å². The smallest absolute Gasteiger partial charge is 0.243 e. The van der Waals surface area contributed by atoms with Crippen molar-refractivity contribution >= 4 is 15.9 Å². The summed E-state index contributed by atoms with van der Waals surface area (Å²) in [6, 6.07) is 5.32. The molecule has 0 saturated carbocycles. The fourth-order valence-electron chi connectivity index (χ4n) is 3.49. The highest BCUT2D eigenvalue weighted by atomic mass is 32.2. The number of sulfonamides is 1. The molecule has 1 aromatic rings. The Kier molecular flexibility index (Phi) is 3.99. The second-order valence-electron chi connectivity index (χ2n) is 6.38. The average Bonchev–Trinajstić information content (AvgIpc) is 2.94. The van der Waals surface area contributed by atoms with Gasteiger partial charge < -0.3 is 5.73 Å². The summed E-state index contributed by atoms with van der Waals surface area (Å²) in [6.45, 7) is 2.08. The summed E-state index contributed by atoms with van der Waals surface area (Å²) in [4.78, 5) is 11.8. The number of fused-ring (bicyclic) bond motifs is 1. The van der Waals surface area contributed by atoms with Gasteiger partial charge in [0.05, 0.1) is 10.8 Å². The zero-order valence-corrected chi connectivity index (χ0v) is 13.6. The Morgan fingerprint density at radius 3 is 2.68 bits per heavy atom. The van der Waals surface area contributed by atoms with Gasteiger partial charge in [0.15, 0.2) is 0 Å². The van der Waals surface area contributed by atoms with Gasteiger partial charge in [0.1, 0.15) is 0 Å². The number of primary amides is 1. The molecule has 2 atom stereocenters. The van der Waals surface area contributed by atoms with Gasteiger partial charge in [-0.3, -0.25) is 4.79 Å². The lowest BCUT2D eigenvalue weighted by Crippen LogP contribution is -2.48. The van der Waals surface area contributed by atoms with Crippen LogP contribution in [0.5, 0.6) is 0 Å². The van der Waals surface area contributed by atoms with Gasteiger partial charge in [-0.05, 0) is 62.3 Å². The van der Waals surface area contributed by atoms with E-state index in [2.05, 4.69) is 0 Å². The number of piperidine rings is 1. The summed E-state index contributed by atoms with van der Waals surface area (Å²) in [5.74, 6) is -0.804. The second-order valence-corrected chi connectivity index (χ2v) is 8.28. The van der Waals surface area contributed by atoms with Crippen molar-refractivity contribution in [3.63, 3.8) is 0 Å². The minimum Gasteiger partial charge on any atom is -0.369 e. The molecule has 0 unspecified atom stereocenters. The molecule has 6 heteroatoms. The summed E-state index contributed by atoms with van der Waals surface area (Å²) in [6.07, 6.45) is 4.38. The van der Waals surface area contributed by atoms with Crippen LogP contribution >= 0.6 is 0 Å². The largest absolute Gasteiger partial charge is 0.369 e. The first-order valence-corrected chi connectivity index (χ1v) is 9.26. The van der Waals surface area contributed by atoms with Gasteiger partial charge in [0, 0.05) is 12.6 Å². The standard InChI is InChI=1S/C16H22N2O3S/c1-11-5-6-14(16(17)19)10-18(11)22(20,21)15-8-7-12-3-2-4-13(12)9-15/h7-9,11,14H,2-6,10H2,1H3,(H2,17,19)/t11-,14+/m1/s1. The molecule has 2 aliphatic rings. The summed E-state index contributed by atoms with van der Waals surface area (Å²) in [5, 5.41) is 0. The summed E-state index contributed by atoms with van der Waals surface area (Å²) in [7, 11) is -3.57. The number of benzene rings is 1. The quantitative estimate of drug-likeness (QED) is 0.914. The molecule has 1 saturated heterocycles. The van der Waals surface area contributed by atoms with E-state index in [1.807, 2.05) is 13.0 Å². The van der Waals surface area contributed by atoms with Gasteiger partial charge in [0.2, 0.25) is 15.9 Å². The summed E-state index contributed by atoms with van der Waals surface area (Å²) in [5.41, 5.74) is 7.76. The molecule has 0 aromatic heterocycles. The molecular weight excluding hydrogens is 300 g/mol. The van der Waals surface area contributed by atoms with Crippen LogP contribution < -0.4 is 5.73 Å². The van der Waals surface area contributed by atoms with Crippen molar-refractivity contribution in [1.82, 2.24) is 4.31 Å². The monoisotopic (exact) mass is 322 g/mol. The van der Waals surface area contributed by atoms with Crippen LogP contribution in [0, 0.1) is 5.92 Å². The average molecular weight is 322 g/mol. The van der Waals surface area contributed by atoms with Crippen LogP contribution in [0.25, 0.3) is 0 Å². The Morgan fingerprint density at radius 2 is 1.95 bits per heavy atom. The molecule has 1 fully saturated rings. The van der Waals surface area contributed by atoms with Crippen molar-refractivity contribution in [1.29, 1.82) is 0 Å². The van der Waals surface area contributed by atoms with Crippen LogP contribution in [-0.4, -0.2) is 31.2 Å². The fraction of sp³-hybridized carbons (Fsp3) is 0.562. The first-order chi connectivity index (χ1) is 10.4. The highest BCUT2D eigenvalue weighted by molar-refractivity contribution is 7.89. The minimum absolute atomic E-state index is 0.103. The molecule has 0 spiro atoms. The Bertz CT molecular complexity index is 699. The van der Waals surface area contributed by atoms with E-state index in [9.17, 15) is 13.2 Å². The third-order valence-corrected chi connectivity index (χ3v) is 6.88. The van der Waals surface area contributed by atoms with Crippen molar-refractivity contribution in [3.05, 3.63) is 29.3 Å². The third kappa shape index (κ3) is 2.65. The van der Waals surface area contributed by atoms with Gasteiger partial charge in [0.25, 0.3) is 0 Å². The molecule has 3 rings (SSSR count). The molecule has 0 bridgehead atoms. The third-order valence-electron chi connectivity index (χ3n) is 4.90. The van der Waals surface area contributed by atoms with E-state index in [1.54, 1.807) is 12.1 Å². The molecule has 1 aliphatic heterocycles. The highest BCUT2D eigenvalue weighted by Crippen LogP contribution is 2.30. The molecule has 1 aromatic carbocycles. The van der Waals surface area contributed by atoms with E-state index in [1.165, 1.54) is 9.87 Å². The second kappa shape index (κ2) is 5.66. The van der Waals surface area contributed by atoms with Crippen LogP contribution in [0.4, 0.5) is 0 Å². The van der Waals surface area contributed by atoms with E-state index < -0.39 is 15.9 Å². The number of nitrogens with two attached hydrogens (primary N) is 1. The topological polar surface area (TPSA) is 80.5 Å². The minimum atomic E-state index is -3.57. The van der Waals surface area contributed by atoms with E-state index in [4.69, 9.17) is 5.73 Å². The van der Waals surface area contributed by atoms with Crippen molar-refractivity contribution in [3.8, 4) is 0 Å². The van der Waals surface area contributed by atoms with E-state index in [0.717, 1.165) is 24.8 Å². The van der Waals surface area contributed by atoms with E-state index >= 15 is 0 Å². The van der Waals surface area contributed by atoms with Crippen molar-refractivity contribution in [2.24, 2.45) is 11.7 Å². The molecule has 1 amide bonds. The van der Waals surface area contributed by atoms with Gasteiger partial charge in [-0.25, -0.2) is 8.42 Å². The van der Waals surface area contributed by atoms with E-state index in [-0.39, 0.29) is 18.5 Å². The number of rotatable bonds is 3. The number of nitrogens with zero attached hydrogens (tertiary/aromatic N) is 1. The van der Waals surface area contributed by atoms with Gasteiger partial charge in [-0.1, -0.05) is 6.07 Å². The normalized spacial score (nSPS) is 25.9. The Labute approximate surface area is 131 Å². The molecule has 0 radical (unpaired) electrons. The number of aryl methyl sites for hydroxylation is 2. The summed E-state index contributed by atoms with van der Waals surface area (Å²) >= 11 is 0. The number of hydrogen-bond acceptors (Lipinski definition) is 3. The Balaban J connectivity index is 1.92. The Morgan fingerprint density at radius 1 is 1.23 bits per heavy atom. The Hall–Kier alpha value is -1.40. The lowest BCUT2D eigenvalue weighted by Gasteiger charge is -2.35. The molecule has 5 nitrogen and oxygen atoms in total. The van der Waals surface area contributed by atoms with E-state index in [0.29, 0.717) is 17.7 Å². The predicted molar refractivity (Wildman–Crippen MR) is 83.7 cm³/mol. The van der Waals surface area contributed by atoms with Crippen molar-refractivity contribution in [2.45, 2.75) is 50.0 Å². The molecule has 1 heterocycles. The number of hydrogen-bond donors (Lipinski definition) is 1. The lowest BCUT2D eigenvalue weighted by molar-refractivity contribution is -0.123. The number of amides is 1. The SMILES string of the molecule is C[C@@H]1CC[C@H](C(N)=O)CN1S(=O)(=O)c1ccc2c(c1)CCC2.